The van der Waals surface area contributed by atoms with E-state index in [1.165, 1.54) is 18.2 Å². The van der Waals surface area contributed by atoms with E-state index < -0.39 is 11.8 Å². The zero-order chi connectivity index (χ0) is 15.4. The molecule has 2 aromatic rings. The summed E-state index contributed by atoms with van der Waals surface area (Å²) in [6.45, 7) is 1.81. The van der Waals surface area contributed by atoms with Crippen molar-refractivity contribution in [3.8, 4) is 11.5 Å². The second kappa shape index (κ2) is 6.54. The number of ether oxygens (including phenoxy) is 1. The van der Waals surface area contributed by atoms with Gasteiger partial charge in [-0.1, -0.05) is 22.0 Å². The maximum absolute atomic E-state index is 13.7. The summed E-state index contributed by atoms with van der Waals surface area (Å²) in [5, 5.41) is 8.59. The molecule has 0 saturated carbocycles. The van der Waals surface area contributed by atoms with Crippen molar-refractivity contribution in [3.63, 3.8) is 0 Å². The number of aryl methyl sites for hydroxylation is 1. The van der Waals surface area contributed by atoms with Gasteiger partial charge >= 0.3 is 5.97 Å². The second-order valence-electron chi connectivity index (χ2n) is 4.37. The molecule has 3 nitrogen and oxygen atoms in total. The van der Waals surface area contributed by atoms with Gasteiger partial charge in [0.25, 0.3) is 0 Å². The van der Waals surface area contributed by atoms with E-state index in [4.69, 9.17) is 9.84 Å². The molecule has 0 aliphatic carbocycles. The Balaban J connectivity index is 2.23. The fourth-order valence-corrected chi connectivity index (χ4v) is 2.07. The SMILES string of the molecule is Cc1cc(C=CC(=O)O)ccc1Oc1ccc(Br)cc1F. The van der Waals surface area contributed by atoms with Crippen LogP contribution in [0.25, 0.3) is 6.08 Å². The first-order valence-corrected chi connectivity index (χ1v) is 6.89. The summed E-state index contributed by atoms with van der Waals surface area (Å²) in [6.07, 6.45) is 2.54. The fraction of sp³-hybridized carbons (Fsp3) is 0.0625. The molecule has 1 N–H and O–H groups in total. The van der Waals surface area contributed by atoms with E-state index in [-0.39, 0.29) is 5.75 Å². The minimum atomic E-state index is -1.01. The lowest BCUT2D eigenvalue weighted by Gasteiger charge is -2.10. The molecule has 0 amide bonds. The van der Waals surface area contributed by atoms with E-state index in [9.17, 15) is 9.18 Å². The van der Waals surface area contributed by atoms with Gasteiger partial charge in [-0.3, -0.25) is 0 Å². The molecule has 0 aliphatic heterocycles. The van der Waals surface area contributed by atoms with Gasteiger partial charge in [0, 0.05) is 10.5 Å². The van der Waals surface area contributed by atoms with E-state index in [1.54, 1.807) is 24.3 Å². The summed E-state index contributed by atoms with van der Waals surface area (Å²) < 4.78 is 19.9. The Labute approximate surface area is 129 Å². The number of hydrogen-bond donors (Lipinski definition) is 1. The van der Waals surface area contributed by atoms with Crippen molar-refractivity contribution < 1.29 is 19.0 Å². The van der Waals surface area contributed by atoms with Crippen LogP contribution < -0.4 is 4.74 Å². The van der Waals surface area contributed by atoms with Crippen LogP contribution in [0.2, 0.25) is 0 Å². The molecule has 0 aliphatic rings. The van der Waals surface area contributed by atoms with E-state index in [0.717, 1.165) is 17.2 Å². The van der Waals surface area contributed by atoms with Crippen molar-refractivity contribution in [2.75, 3.05) is 0 Å². The summed E-state index contributed by atoms with van der Waals surface area (Å²) >= 11 is 3.18. The Kier molecular flexibility index (Phi) is 4.75. The van der Waals surface area contributed by atoms with E-state index >= 15 is 0 Å². The van der Waals surface area contributed by atoms with Crippen LogP contribution in [0.1, 0.15) is 11.1 Å². The third-order valence-corrected chi connectivity index (χ3v) is 3.22. The van der Waals surface area contributed by atoms with Crippen LogP contribution in [-0.2, 0) is 4.79 Å². The van der Waals surface area contributed by atoms with E-state index in [1.807, 2.05) is 6.92 Å². The third-order valence-electron chi connectivity index (χ3n) is 2.73. The second-order valence-corrected chi connectivity index (χ2v) is 5.29. The lowest BCUT2D eigenvalue weighted by atomic mass is 10.1. The van der Waals surface area contributed by atoms with Crippen LogP contribution in [0.3, 0.4) is 0 Å². The molecule has 5 heteroatoms. The Morgan fingerprint density at radius 3 is 2.57 bits per heavy atom. The molecule has 2 rings (SSSR count). The van der Waals surface area contributed by atoms with E-state index in [2.05, 4.69) is 15.9 Å². The average Bonchev–Trinajstić information content (AvgIpc) is 2.42. The fourth-order valence-electron chi connectivity index (χ4n) is 1.73. The third kappa shape index (κ3) is 4.16. The summed E-state index contributed by atoms with van der Waals surface area (Å²) in [5.74, 6) is -0.817. The largest absolute Gasteiger partial charge is 0.478 e. The van der Waals surface area contributed by atoms with Crippen molar-refractivity contribution in [2.24, 2.45) is 0 Å². The summed E-state index contributed by atoms with van der Waals surface area (Å²) in [5.41, 5.74) is 1.52. The molecule has 0 spiro atoms. The van der Waals surface area contributed by atoms with Gasteiger partial charge in [0.2, 0.25) is 0 Å². The van der Waals surface area contributed by atoms with Gasteiger partial charge in [0.15, 0.2) is 11.6 Å². The number of benzene rings is 2. The normalized spacial score (nSPS) is 10.8. The maximum Gasteiger partial charge on any atom is 0.328 e. The van der Waals surface area contributed by atoms with Crippen molar-refractivity contribution in [1.82, 2.24) is 0 Å². The molecular formula is C16H12BrFO3. The first-order chi connectivity index (χ1) is 9.95. The molecule has 0 unspecified atom stereocenters. The number of hydrogen-bond acceptors (Lipinski definition) is 2. The predicted octanol–water partition coefficient (Wildman–Crippen LogP) is 4.79. The molecule has 21 heavy (non-hydrogen) atoms. The minimum absolute atomic E-state index is 0.134. The standard InChI is InChI=1S/C16H12BrFO3/c1-10-8-11(3-7-16(19)20)2-5-14(10)21-15-6-4-12(17)9-13(15)18/h2-9H,1H3,(H,19,20). The van der Waals surface area contributed by atoms with Crippen molar-refractivity contribution in [2.45, 2.75) is 6.92 Å². The molecule has 0 aromatic heterocycles. The van der Waals surface area contributed by atoms with Crippen LogP contribution in [0, 0.1) is 12.7 Å². The van der Waals surface area contributed by atoms with Crippen LogP contribution in [0.15, 0.2) is 46.9 Å². The van der Waals surface area contributed by atoms with Gasteiger partial charge < -0.3 is 9.84 Å². The molecule has 0 saturated heterocycles. The van der Waals surface area contributed by atoms with Crippen molar-refractivity contribution in [1.29, 1.82) is 0 Å². The lowest BCUT2D eigenvalue weighted by molar-refractivity contribution is -0.131. The monoisotopic (exact) mass is 350 g/mol. The maximum atomic E-state index is 13.7. The lowest BCUT2D eigenvalue weighted by Crippen LogP contribution is -1.91. The van der Waals surface area contributed by atoms with Crippen molar-refractivity contribution in [3.05, 3.63) is 63.9 Å². The average molecular weight is 351 g/mol. The predicted molar refractivity (Wildman–Crippen MR) is 82.0 cm³/mol. The van der Waals surface area contributed by atoms with Crippen molar-refractivity contribution >= 4 is 28.0 Å². The molecule has 0 heterocycles. The van der Waals surface area contributed by atoms with Gasteiger partial charge in [-0.15, -0.1) is 0 Å². The summed E-state index contributed by atoms with van der Waals surface area (Å²) in [4.78, 5) is 10.5. The highest BCUT2D eigenvalue weighted by molar-refractivity contribution is 9.10. The molecule has 0 fully saturated rings. The molecule has 2 aromatic carbocycles. The topological polar surface area (TPSA) is 46.5 Å². The zero-order valence-corrected chi connectivity index (χ0v) is 12.7. The Hall–Kier alpha value is -2.14. The first-order valence-electron chi connectivity index (χ1n) is 6.10. The molecule has 0 atom stereocenters. The van der Waals surface area contributed by atoms with Crippen LogP contribution in [0.5, 0.6) is 11.5 Å². The number of carbonyl (C=O) groups is 1. The van der Waals surface area contributed by atoms with Crippen LogP contribution in [0.4, 0.5) is 4.39 Å². The molecule has 0 bridgehead atoms. The zero-order valence-electron chi connectivity index (χ0n) is 11.1. The highest BCUT2D eigenvalue weighted by atomic mass is 79.9. The highest BCUT2D eigenvalue weighted by Gasteiger charge is 2.07. The van der Waals surface area contributed by atoms with E-state index in [0.29, 0.717) is 10.2 Å². The highest BCUT2D eigenvalue weighted by Crippen LogP contribution is 2.29. The number of aliphatic carboxylic acids is 1. The Morgan fingerprint density at radius 2 is 1.95 bits per heavy atom. The number of carboxylic acids is 1. The van der Waals surface area contributed by atoms with Crippen LogP contribution >= 0.6 is 15.9 Å². The number of halogens is 2. The smallest absolute Gasteiger partial charge is 0.328 e. The molecule has 108 valence electrons. The first kappa shape index (κ1) is 15.3. The minimum Gasteiger partial charge on any atom is -0.478 e. The number of rotatable bonds is 4. The van der Waals surface area contributed by atoms with Gasteiger partial charge in [-0.25, -0.2) is 9.18 Å². The molecular weight excluding hydrogens is 339 g/mol. The van der Waals surface area contributed by atoms with Crippen LogP contribution in [-0.4, -0.2) is 11.1 Å². The quantitative estimate of drug-likeness (QED) is 0.806. The van der Waals surface area contributed by atoms with Gasteiger partial charge in [0.05, 0.1) is 0 Å². The Morgan fingerprint density at radius 1 is 1.24 bits per heavy atom. The summed E-state index contributed by atoms with van der Waals surface area (Å²) in [6, 6.07) is 9.71. The number of carboxylic acid groups (broad SMARTS) is 1. The van der Waals surface area contributed by atoms with Gasteiger partial charge in [-0.05, 0) is 54.5 Å². The summed E-state index contributed by atoms with van der Waals surface area (Å²) in [7, 11) is 0. The van der Waals surface area contributed by atoms with Gasteiger partial charge in [-0.2, -0.15) is 0 Å². The Bertz CT molecular complexity index is 711. The van der Waals surface area contributed by atoms with Gasteiger partial charge in [0.1, 0.15) is 5.75 Å². The molecule has 0 radical (unpaired) electrons.